The highest BCUT2D eigenvalue weighted by atomic mass is 16.7. The molecule has 1 aliphatic heterocycles. The van der Waals surface area contributed by atoms with Gasteiger partial charge in [-0.15, -0.1) is 0 Å². The summed E-state index contributed by atoms with van der Waals surface area (Å²) in [5.74, 6) is -1.15. The largest absolute Gasteiger partial charge is 0.513 e. The van der Waals surface area contributed by atoms with Crippen molar-refractivity contribution in [1.29, 1.82) is 0 Å². The van der Waals surface area contributed by atoms with Gasteiger partial charge in [0.1, 0.15) is 5.41 Å². The van der Waals surface area contributed by atoms with Crippen molar-refractivity contribution in [1.82, 2.24) is 4.57 Å². The second-order valence-electron chi connectivity index (χ2n) is 6.17. The Bertz CT molecular complexity index is 823. The number of carboxylic acid groups (broad SMARTS) is 1. The molecule has 0 bridgehead atoms. The minimum atomic E-state index is -1.63. The molecule has 2 heterocycles. The van der Waals surface area contributed by atoms with Crippen LogP contribution < -0.4 is 0 Å². The SMILES string of the molecule is CC1Cn2c(C(=O)c3ccccc3)ccc2C1(C)C(=O)OC(=O)O. The fraction of sp³-hybridized carbons (Fsp3) is 0.278. The number of carbonyl (C=O) groups excluding carboxylic acids is 2. The molecule has 0 radical (unpaired) electrons. The summed E-state index contributed by atoms with van der Waals surface area (Å²) in [5.41, 5.74) is 0.538. The molecule has 1 aromatic heterocycles. The van der Waals surface area contributed by atoms with Crippen LogP contribution in [-0.4, -0.2) is 27.6 Å². The molecule has 0 saturated carbocycles. The van der Waals surface area contributed by atoms with Gasteiger partial charge in [-0.05, 0) is 25.0 Å². The number of nitrogens with zero attached hydrogens (tertiary/aromatic N) is 1. The maximum Gasteiger partial charge on any atom is 0.513 e. The molecule has 0 spiro atoms. The van der Waals surface area contributed by atoms with Crippen LogP contribution in [0.1, 0.15) is 35.6 Å². The van der Waals surface area contributed by atoms with Crippen molar-refractivity contribution < 1.29 is 24.2 Å². The normalized spacial score (nSPS) is 22.0. The Balaban J connectivity index is 2.01. The van der Waals surface area contributed by atoms with E-state index in [1.165, 1.54) is 0 Å². The van der Waals surface area contributed by atoms with Crippen LogP contribution in [0.25, 0.3) is 0 Å². The highest BCUT2D eigenvalue weighted by Gasteiger charge is 2.50. The van der Waals surface area contributed by atoms with Gasteiger partial charge in [-0.2, -0.15) is 0 Å². The number of hydrogen-bond acceptors (Lipinski definition) is 4. The Morgan fingerprint density at radius 3 is 2.46 bits per heavy atom. The number of rotatable bonds is 3. The molecule has 24 heavy (non-hydrogen) atoms. The molecule has 6 nitrogen and oxygen atoms in total. The van der Waals surface area contributed by atoms with Crippen molar-refractivity contribution in [2.45, 2.75) is 25.8 Å². The molecule has 6 heteroatoms. The van der Waals surface area contributed by atoms with E-state index < -0.39 is 17.5 Å². The first kappa shape index (κ1) is 16.0. The predicted molar refractivity (Wildman–Crippen MR) is 84.9 cm³/mol. The number of ether oxygens (including phenoxy) is 1. The van der Waals surface area contributed by atoms with E-state index in [1.807, 2.05) is 13.0 Å². The first-order chi connectivity index (χ1) is 11.4. The van der Waals surface area contributed by atoms with Gasteiger partial charge < -0.3 is 14.4 Å². The van der Waals surface area contributed by atoms with Crippen LogP contribution >= 0.6 is 0 Å². The summed E-state index contributed by atoms with van der Waals surface area (Å²) < 4.78 is 6.18. The Labute approximate surface area is 138 Å². The highest BCUT2D eigenvalue weighted by molar-refractivity contribution is 6.08. The number of fused-ring (bicyclic) bond motifs is 1. The molecular formula is C18H17NO5. The zero-order chi connectivity index (χ0) is 17.5. The third-order valence-corrected chi connectivity index (χ3v) is 4.83. The molecule has 2 unspecified atom stereocenters. The highest BCUT2D eigenvalue weighted by Crippen LogP contribution is 2.42. The van der Waals surface area contributed by atoms with Crippen molar-refractivity contribution in [3.05, 3.63) is 59.4 Å². The Morgan fingerprint density at radius 1 is 1.17 bits per heavy atom. The average Bonchev–Trinajstić information content (AvgIpc) is 3.07. The molecule has 0 saturated heterocycles. The van der Waals surface area contributed by atoms with Gasteiger partial charge in [-0.25, -0.2) is 4.79 Å². The van der Waals surface area contributed by atoms with Crippen LogP contribution in [0.5, 0.6) is 0 Å². The zero-order valence-corrected chi connectivity index (χ0v) is 13.4. The second kappa shape index (κ2) is 5.63. The van der Waals surface area contributed by atoms with Crippen LogP contribution in [0.4, 0.5) is 4.79 Å². The molecule has 2 atom stereocenters. The quantitative estimate of drug-likeness (QED) is 0.532. The summed E-state index contributed by atoms with van der Waals surface area (Å²) in [6.07, 6.45) is -1.63. The third kappa shape index (κ3) is 2.31. The lowest BCUT2D eigenvalue weighted by Gasteiger charge is -2.24. The van der Waals surface area contributed by atoms with Crippen LogP contribution in [0.2, 0.25) is 0 Å². The van der Waals surface area contributed by atoms with Crippen molar-refractivity contribution in [2.75, 3.05) is 0 Å². The van der Waals surface area contributed by atoms with E-state index in [2.05, 4.69) is 4.74 Å². The molecule has 124 valence electrons. The zero-order valence-electron chi connectivity index (χ0n) is 13.4. The summed E-state index contributed by atoms with van der Waals surface area (Å²) in [7, 11) is 0. The van der Waals surface area contributed by atoms with Crippen molar-refractivity contribution >= 4 is 17.9 Å². The first-order valence-corrected chi connectivity index (χ1v) is 7.60. The molecular weight excluding hydrogens is 310 g/mol. The van der Waals surface area contributed by atoms with Gasteiger partial charge in [0.2, 0.25) is 5.78 Å². The van der Waals surface area contributed by atoms with Crippen LogP contribution in [0, 0.1) is 5.92 Å². The van der Waals surface area contributed by atoms with Crippen LogP contribution in [-0.2, 0) is 21.5 Å². The maximum absolute atomic E-state index is 12.7. The third-order valence-electron chi connectivity index (χ3n) is 4.83. The van der Waals surface area contributed by atoms with Gasteiger partial charge in [-0.3, -0.25) is 9.59 Å². The van der Waals surface area contributed by atoms with E-state index in [1.54, 1.807) is 47.9 Å². The van der Waals surface area contributed by atoms with E-state index in [0.29, 0.717) is 23.5 Å². The van der Waals surface area contributed by atoms with Gasteiger partial charge in [-0.1, -0.05) is 37.3 Å². The molecule has 3 rings (SSSR count). The Morgan fingerprint density at radius 2 is 1.83 bits per heavy atom. The lowest BCUT2D eigenvalue weighted by molar-refractivity contribution is -0.146. The van der Waals surface area contributed by atoms with Crippen molar-refractivity contribution in [3.8, 4) is 0 Å². The van der Waals surface area contributed by atoms with E-state index >= 15 is 0 Å². The molecule has 0 amide bonds. The lowest BCUT2D eigenvalue weighted by atomic mass is 9.78. The molecule has 2 aromatic rings. The number of ketones is 1. The molecule has 1 N–H and O–H groups in total. The smallest absolute Gasteiger partial charge is 0.449 e. The summed E-state index contributed by atoms with van der Waals surface area (Å²) in [5, 5.41) is 8.73. The Hall–Kier alpha value is -2.89. The summed E-state index contributed by atoms with van der Waals surface area (Å²) in [6, 6.07) is 12.2. The fourth-order valence-corrected chi connectivity index (χ4v) is 3.25. The number of hydrogen-bond donors (Lipinski definition) is 1. The number of esters is 1. The number of carbonyl (C=O) groups is 3. The number of aromatic nitrogens is 1. The predicted octanol–water partition coefficient (Wildman–Crippen LogP) is 2.85. The lowest BCUT2D eigenvalue weighted by Crippen LogP contribution is -2.38. The average molecular weight is 327 g/mol. The van der Waals surface area contributed by atoms with Gasteiger partial charge in [0, 0.05) is 17.8 Å². The minimum absolute atomic E-state index is 0.134. The van der Waals surface area contributed by atoms with E-state index in [4.69, 9.17) is 5.11 Å². The molecule has 1 aromatic carbocycles. The molecule has 0 fully saturated rings. The van der Waals surface area contributed by atoms with E-state index in [9.17, 15) is 14.4 Å². The standard InChI is InChI=1S/C18H17NO5/c1-11-10-19-13(15(20)12-6-4-3-5-7-12)8-9-14(19)18(11,2)16(21)24-17(22)23/h3-9,11H,10H2,1-2H3,(H,22,23). The number of benzene rings is 1. The van der Waals surface area contributed by atoms with Crippen molar-refractivity contribution in [2.24, 2.45) is 5.92 Å². The van der Waals surface area contributed by atoms with Crippen LogP contribution in [0.15, 0.2) is 42.5 Å². The maximum atomic E-state index is 12.7. The van der Waals surface area contributed by atoms with Gasteiger partial charge in [0.05, 0.1) is 5.69 Å². The first-order valence-electron chi connectivity index (χ1n) is 7.60. The minimum Gasteiger partial charge on any atom is -0.449 e. The molecule has 1 aliphatic rings. The summed E-state index contributed by atoms with van der Waals surface area (Å²) in [6.45, 7) is 3.94. The van der Waals surface area contributed by atoms with Crippen molar-refractivity contribution in [3.63, 3.8) is 0 Å². The van der Waals surface area contributed by atoms with Gasteiger partial charge in [0.15, 0.2) is 0 Å². The Kier molecular flexibility index (Phi) is 3.75. The van der Waals surface area contributed by atoms with Gasteiger partial charge >= 0.3 is 12.1 Å². The topological polar surface area (TPSA) is 85.6 Å². The van der Waals surface area contributed by atoms with Crippen LogP contribution in [0.3, 0.4) is 0 Å². The van der Waals surface area contributed by atoms with E-state index in [-0.39, 0.29) is 11.7 Å². The summed E-state index contributed by atoms with van der Waals surface area (Å²) >= 11 is 0. The fourth-order valence-electron chi connectivity index (χ4n) is 3.25. The monoisotopic (exact) mass is 327 g/mol. The van der Waals surface area contributed by atoms with E-state index in [0.717, 1.165) is 0 Å². The molecule has 0 aliphatic carbocycles. The summed E-state index contributed by atoms with van der Waals surface area (Å²) in [4.78, 5) is 35.7. The second-order valence-corrected chi connectivity index (χ2v) is 6.17. The van der Waals surface area contributed by atoms with Gasteiger partial charge in [0.25, 0.3) is 0 Å².